The average Bonchev–Trinajstić information content (AvgIpc) is 2.62. The summed E-state index contributed by atoms with van der Waals surface area (Å²) in [6.45, 7) is 2.30. The van der Waals surface area contributed by atoms with Crippen LogP contribution in [-0.4, -0.2) is 13.6 Å². The number of hydrogen-bond acceptors (Lipinski definition) is 0. The zero-order valence-corrected chi connectivity index (χ0v) is 20.0. The molecule has 1 heteroatoms. The molecule has 150 valence electrons. The molecule has 1 aromatic rings. The van der Waals surface area contributed by atoms with Gasteiger partial charge in [-0.1, -0.05) is 26.2 Å². The summed E-state index contributed by atoms with van der Waals surface area (Å²) in [5.74, 6) is 0. The van der Waals surface area contributed by atoms with Crippen LogP contribution in [0.4, 0.5) is 0 Å². The second kappa shape index (κ2) is 15.8. The molecule has 0 bridgehead atoms. The molecule has 0 amide bonds. The predicted octanol–water partition coefficient (Wildman–Crippen LogP) is 8.96. The Hall–Kier alpha value is -0.222. The van der Waals surface area contributed by atoms with Gasteiger partial charge in [-0.15, -0.1) is 0 Å². The maximum absolute atomic E-state index is 2.60. The summed E-state index contributed by atoms with van der Waals surface area (Å²) >= 11 is -1.40. The van der Waals surface area contributed by atoms with Crippen LogP contribution in [0.3, 0.4) is 0 Å². The molecule has 0 fully saturated rings. The number of rotatable bonds is 17. The number of hydrogen-bond donors (Lipinski definition) is 0. The Bertz CT molecular complexity index is 409. The van der Waals surface area contributed by atoms with Crippen LogP contribution in [0.1, 0.15) is 102 Å². The van der Waals surface area contributed by atoms with Gasteiger partial charge in [-0.05, 0) is 0 Å². The van der Waals surface area contributed by atoms with E-state index >= 15 is 0 Å². The fourth-order valence-corrected chi connectivity index (χ4v) is 9.00. The Morgan fingerprint density at radius 2 is 1.00 bits per heavy atom. The fraction of sp³-hybridized carbons (Fsp3) is 0.760. The van der Waals surface area contributed by atoms with Crippen LogP contribution in [0.5, 0.6) is 0 Å². The zero-order valence-electron chi connectivity index (χ0n) is 18.1. The van der Waals surface area contributed by atoms with E-state index in [0.29, 0.717) is 0 Å². The summed E-state index contributed by atoms with van der Waals surface area (Å²) in [6.07, 6.45) is 20.5. The van der Waals surface area contributed by atoms with Crippen LogP contribution in [0.2, 0.25) is 16.6 Å². The summed E-state index contributed by atoms with van der Waals surface area (Å²) in [5, 5.41) is 2.92. The average molecular weight is 422 g/mol. The molecule has 0 aliphatic rings. The summed E-state index contributed by atoms with van der Waals surface area (Å²) < 4.78 is 0. The third-order valence-electron chi connectivity index (χ3n) is 5.57. The van der Waals surface area contributed by atoms with Crippen molar-refractivity contribution in [1.29, 1.82) is 0 Å². The van der Waals surface area contributed by atoms with Crippen LogP contribution >= 0.6 is 0 Å². The molecule has 0 saturated heterocycles. The molecular formula is C25H46As+. The Morgan fingerprint density at radius 3 is 1.46 bits per heavy atom. The normalized spacial score (nSPS) is 11.8. The van der Waals surface area contributed by atoms with Crippen LogP contribution in [0.25, 0.3) is 0 Å². The van der Waals surface area contributed by atoms with Gasteiger partial charge in [0.2, 0.25) is 0 Å². The van der Waals surface area contributed by atoms with Crippen molar-refractivity contribution in [2.24, 2.45) is 0 Å². The molecule has 0 unspecified atom stereocenters. The van der Waals surface area contributed by atoms with Gasteiger partial charge < -0.3 is 0 Å². The summed E-state index contributed by atoms with van der Waals surface area (Å²) in [6, 6.07) is 11.1. The first kappa shape index (κ1) is 23.8. The van der Waals surface area contributed by atoms with E-state index in [0.717, 1.165) is 0 Å². The molecule has 0 aliphatic heterocycles. The molecule has 0 N–H and O–H groups in total. The van der Waals surface area contributed by atoms with Gasteiger partial charge in [0.25, 0.3) is 0 Å². The second-order valence-corrected chi connectivity index (χ2v) is 18.6. The third kappa shape index (κ3) is 13.9. The van der Waals surface area contributed by atoms with Crippen molar-refractivity contribution in [3.8, 4) is 0 Å². The van der Waals surface area contributed by atoms with Gasteiger partial charge in [-0.25, -0.2) is 0 Å². The van der Waals surface area contributed by atoms with Crippen molar-refractivity contribution in [2.75, 3.05) is 0 Å². The van der Waals surface area contributed by atoms with Gasteiger partial charge in [0.15, 0.2) is 0 Å². The van der Waals surface area contributed by atoms with Gasteiger partial charge in [-0.3, -0.25) is 0 Å². The monoisotopic (exact) mass is 421 g/mol. The van der Waals surface area contributed by atoms with E-state index in [4.69, 9.17) is 0 Å². The molecule has 0 radical (unpaired) electrons. The molecule has 0 nitrogen and oxygen atoms in total. The quantitative estimate of drug-likeness (QED) is 0.174. The van der Waals surface area contributed by atoms with Crippen molar-refractivity contribution in [2.45, 2.75) is 119 Å². The molecule has 1 rings (SSSR count). The van der Waals surface area contributed by atoms with Crippen molar-refractivity contribution < 1.29 is 0 Å². The number of benzene rings is 1. The first-order chi connectivity index (χ1) is 12.6. The second-order valence-electron chi connectivity index (χ2n) is 8.90. The predicted molar refractivity (Wildman–Crippen MR) is 123 cm³/mol. The minimum atomic E-state index is -1.40. The SMILES string of the molecule is CCCCCCCCCCCCCCCC[As+](C)(C)Cc1ccccc1. The molecule has 0 saturated carbocycles. The molecule has 26 heavy (non-hydrogen) atoms. The first-order valence-corrected chi connectivity index (χ1v) is 17.9. The van der Waals surface area contributed by atoms with Gasteiger partial charge in [0, 0.05) is 0 Å². The van der Waals surface area contributed by atoms with Crippen molar-refractivity contribution in [3.05, 3.63) is 35.9 Å². The van der Waals surface area contributed by atoms with Crippen molar-refractivity contribution in [1.82, 2.24) is 0 Å². The third-order valence-corrected chi connectivity index (χ3v) is 11.3. The van der Waals surface area contributed by atoms with Crippen LogP contribution < -0.4 is 0 Å². The first-order valence-electron chi connectivity index (χ1n) is 11.5. The minimum absolute atomic E-state index is 1.37. The van der Waals surface area contributed by atoms with E-state index in [-0.39, 0.29) is 0 Å². The fourth-order valence-electron chi connectivity index (χ4n) is 3.89. The van der Waals surface area contributed by atoms with Gasteiger partial charge in [-0.2, -0.15) is 0 Å². The van der Waals surface area contributed by atoms with E-state index in [1.807, 2.05) is 0 Å². The number of unbranched alkanes of at least 4 members (excludes halogenated alkanes) is 13. The van der Waals surface area contributed by atoms with E-state index < -0.39 is 13.6 Å². The molecule has 0 spiro atoms. The maximum atomic E-state index is 2.60. The summed E-state index contributed by atoms with van der Waals surface area (Å²) in [5.41, 5.74) is 6.77. The van der Waals surface area contributed by atoms with Crippen molar-refractivity contribution in [3.63, 3.8) is 0 Å². The molecule has 0 atom stereocenters. The topological polar surface area (TPSA) is 0 Å². The van der Waals surface area contributed by atoms with Crippen molar-refractivity contribution >= 4 is 13.6 Å². The molecule has 0 heterocycles. The van der Waals surface area contributed by atoms with E-state index in [9.17, 15) is 0 Å². The van der Waals surface area contributed by atoms with E-state index in [1.54, 1.807) is 5.56 Å². The van der Waals surface area contributed by atoms with Gasteiger partial charge >= 0.3 is 142 Å². The summed E-state index contributed by atoms with van der Waals surface area (Å²) in [7, 11) is 0. The summed E-state index contributed by atoms with van der Waals surface area (Å²) in [4.78, 5) is 0. The van der Waals surface area contributed by atoms with E-state index in [2.05, 4.69) is 48.7 Å². The van der Waals surface area contributed by atoms with Crippen LogP contribution in [0.15, 0.2) is 30.3 Å². The molecular weight excluding hydrogens is 375 g/mol. The van der Waals surface area contributed by atoms with Crippen LogP contribution in [0, 0.1) is 0 Å². The Kier molecular flexibility index (Phi) is 14.5. The van der Waals surface area contributed by atoms with Gasteiger partial charge in [0.1, 0.15) is 0 Å². The molecule has 0 aliphatic carbocycles. The van der Waals surface area contributed by atoms with Crippen LogP contribution in [-0.2, 0) is 5.21 Å². The standard InChI is InChI=1S/C25H46As/c1-4-5-6-7-8-9-10-11-12-13-14-15-16-20-23-26(2,3)24-25-21-18-17-19-22-25/h17-19,21-22H,4-16,20,23-24H2,1-3H3/q+1. The Morgan fingerprint density at radius 1 is 0.577 bits per heavy atom. The Balaban J connectivity index is 1.87. The van der Waals surface area contributed by atoms with E-state index in [1.165, 1.54) is 100 Å². The molecule has 1 aromatic carbocycles. The van der Waals surface area contributed by atoms with Gasteiger partial charge in [0.05, 0.1) is 0 Å². The Labute approximate surface area is 168 Å². The zero-order chi connectivity index (χ0) is 18.9. The molecule has 0 aromatic heterocycles.